The summed E-state index contributed by atoms with van der Waals surface area (Å²) < 4.78 is 54.6. The molecule has 11 nitrogen and oxygen atoms in total. The van der Waals surface area contributed by atoms with Crippen LogP contribution >= 0.6 is 0 Å². The average molecular weight is 534 g/mol. The van der Waals surface area contributed by atoms with Crippen LogP contribution in [0.15, 0.2) is 63.6 Å². The summed E-state index contributed by atoms with van der Waals surface area (Å²) >= 11 is 0. The maximum Gasteiger partial charge on any atom is 0.278 e. The maximum absolute atomic E-state index is 12.9. The van der Waals surface area contributed by atoms with Gasteiger partial charge >= 0.3 is 0 Å². The van der Waals surface area contributed by atoms with Crippen LogP contribution in [0.4, 0.5) is 5.82 Å². The zero-order valence-electron chi connectivity index (χ0n) is 19.5. The standard InChI is InChI=1S/C23H23N3O8S2/c1-26-21(22(27)16-6-4-5-7-19(16)36(26,30)31)23(28)24-20-11-15(34-25-20)13-35(29)12-14-8-9-17(32-2)18(10-14)33-3/h4-11,27H,12-13H2,1-3H3,(H,24,25,28). The van der Waals surface area contributed by atoms with Gasteiger partial charge in [0.1, 0.15) is 0 Å². The third-order valence-corrected chi connectivity index (χ3v) is 8.49. The molecule has 2 heterocycles. The van der Waals surface area contributed by atoms with Gasteiger partial charge in [0.25, 0.3) is 15.9 Å². The number of carbonyl (C=O) groups excluding carboxylic acids is 1. The number of amides is 1. The molecule has 2 aromatic carbocycles. The quantitative estimate of drug-likeness (QED) is 0.446. The first-order valence-corrected chi connectivity index (χ1v) is 13.4. The Morgan fingerprint density at radius 3 is 2.56 bits per heavy atom. The summed E-state index contributed by atoms with van der Waals surface area (Å²) in [6, 6.07) is 12.4. The fraction of sp³-hybridized carbons (Fsp3) is 0.217. The van der Waals surface area contributed by atoms with Crippen molar-refractivity contribution in [2.24, 2.45) is 0 Å². The fourth-order valence-electron chi connectivity index (χ4n) is 3.66. The van der Waals surface area contributed by atoms with Crippen molar-refractivity contribution >= 4 is 38.3 Å². The van der Waals surface area contributed by atoms with Gasteiger partial charge in [-0.2, -0.15) is 0 Å². The Hall–Kier alpha value is -3.84. The van der Waals surface area contributed by atoms with Crippen LogP contribution in [0.25, 0.3) is 5.76 Å². The van der Waals surface area contributed by atoms with E-state index in [2.05, 4.69) is 10.5 Å². The summed E-state index contributed by atoms with van der Waals surface area (Å²) in [5.74, 6) is 0.147. The predicted octanol–water partition coefficient (Wildman–Crippen LogP) is 2.64. The first kappa shape index (κ1) is 25.3. The zero-order valence-corrected chi connectivity index (χ0v) is 21.2. The van der Waals surface area contributed by atoms with E-state index in [0.29, 0.717) is 15.8 Å². The van der Waals surface area contributed by atoms with Gasteiger partial charge < -0.3 is 24.4 Å². The molecule has 4 rings (SSSR count). The summed E-state index contributed by atoms with van der Waals surface area (Å²) in [6.45, 7) is 0. The largest absolute Gasteiger partial charge is 0.505 e. The van der Waals surface area contributed by atoms with Crippen LogP contribution < -0.4 is 14.8 Å². The van der Waals surface area contributed by atoms with Gasteiger partial charge in [-0.05, 0) is 29.8 Å². The normalized spacial score (nSPS) is 15.2. The highest BCUT2D eigenvalue weighted by Crippen LogP contribution is 2.34. The lowest BCUT2D eigenvalue weighted by molar-refractivity contribution is -0.113. The van der Waals surface area contributed by atoms with E-state index in [1.165, 1.54) is 45.5 Å². The number of ether oxygens (including phenoxy) is 2. The Morgan fingerprint density at radius 2 is 1.83 bits per heavy atom. The average Bonchev–Trinajstić information content (AvgIpc) is 3.29. The minimum atomic E-state index is -4.04. The number of rotatable bonds is 8. The molecule has 0 aliphatic carbocycles. The molecule has 1 amide bonds. The summed E-state index contributed by atoms with van der Waals surface area (Å²) in [7, 11) is -1.20. The number of hydrogen-bond donors (Lipinski definition) is 2. The van der Waals surface area contributed by atoms with Crippen molar-refractivity contribution in [3.05, 3.63) is 71.1 Å². The molecule has 0 saturated heterocycles. The van der Waals surface area contributed by atoms with Crippen molar-refractivity contribution < 1.29 is 36.5 Å². The van der Waals surface area contributed by atoms with Gasteiger partial charge in [-0.3, -0.25) is 13.3 Å². The molecule has 1 aliphatic heterocycles. The number of benzene rings is 2. The van der Waals surface area contributed by atoms with Crippen LogP contribution in [0.5, 0.6) is 11.5 Å². The molecular weight excluding hydrogens is 510 g/mol. The van der Waals surface area contributed by atoms with Crippen LogP contribution in [0.3, 0.4) is 0 Å². The molecule has 0 fully saturated rings. The van der Waals surface area contributed by atoms with Gasteiger partial charge in [0.2, 0.25) is 0 Å². The van der Waals surface area contributed by atoms with E-state index < -0.39 is 38.2 Å². The molecule has 1 atom stereocenters. The van der Waals surface area contributed by atoms with E-state index in [9.17, 15) is 22.5 Å². The maximum atomic E-state index is 12.9. The number of methoxy groups -OCH3 is 2. The number of nitrogens with one attached hydrogen (secondary N) is 1. The molecule has 1 unspecified atom stereocenters. The monoisotopic (exact) mass is 533 g/mol. The SMILES string of the molecule is COc1ccc(CS(=O)Cc2cc(NC(=O)C3=C(O)c4ccccc4S(=O)(=O)N3C)no2)cc1OC. The van der Waals surface area contributed by atoms with Gasteiger partial charge in [0.15, 0.2) is 34.5 Å². The molecule has 1 aromatic heterocycles. The smallest absolute Gasteiger partial charge is 0.278 e. The molecule has 190 valence electrons. The Bertz CT molecular complexity index is 1480. The van der Waals surface area contributed by atoms with E-state index in [1.807, 2.05) is 0 Å². The summed E-state index contributed by atoms with van der Waals surface area (Å²) in [6.07, 6.45) is 0. The van der Waals surface area contributed by atoms with E-state index in [1.54, 1.807) is 24.3 Å². The minimum absolute atomic E-state index is 0.0205. The van der Waals surface area contributed by atoms with Gasteiger partial charge in [-0.15, -0.1) is 0 Å². The third kappa shape index (κ3) is 4.79. The van der Waals surface area contributed by atoms with Crippen molar-refractivity contribution in [2.75, 3.05) is 26.6 Å². The molecule has 0 saturated carbocycles. The molecule has 0 bridgehead atoms. The number of carbonyl (C=O) groups is 1. The predicted molar refractivity (Wildman–Crippen MR) is 131 cm³/mol. The summed E-state index contributed by atoms with van der Waals surface area (Å²) in [4.78, 5) is 12.8. The Balaban J connectivity index is 1.46. The number of nitrogens with zero attached hydrogens (tertiary/aromatic N) is 2. The van der Waals surface area contributed by atoms with Crippen molar-refractivity contribution in [1.29, 1.82) is 0 Å². The number of likely N-dealkylation sites (N-methyl/N-ethyl adjacent to an activating group) is 1. The van der Waals surface area contributed by atoms with Crippen molar-refractivity contribution in [3.8, 4) is 11.5 Å². The second-order valence-corrected chi connectivity index (χ2v) is 11.1. The first-order valence-electron chi connectivity index (χ1n) is 10.5. The molecule has 1 aliphatic rings. The Kier molecular flexibility index (Phi) is 7.04. The summed E-state index contributed by atoms with van der Waals surface area (Å²) in [5.41, 5.74) is 0.325. The van der Waals surface area contributed by atoms with E-state index >= 15 is 0 Å². The topological polar surface area (TPSA) is 148 Å². The van der Waals surface area contributed by atoms with Crippen molar-refractivity contribution in [2.45, 2.75) is 16.4 Å². The Labute approximate surface area is 209 Å². The number of fused-ring (bicyclic) bond motifs is 1. The molecule has 36 heavy (non-hydrogen) atoms. The number of aliphatic hydroxyl groups excluding tert-OH is 1. The molecule has 0 radical (unpaired) electrons. The minimum Gasteiger partial charge on any atom is -0.505 e. The highest BCUT2D eigenvalue weighted by Gasteiger charge is 2.38. The first-order chi connectivity index (χ1) is 17.1. The highest BCUT2D eigenvalue weighted by molar-refractivity contribution is 7.89. The van der Waals surface area contributed by atoms with Crippen LogP contribution in [0, 0.1) is 0 Å². The van der Waals surface area contributed by atoms with Crippen LogP contribution in [0.1, 0.15) is 16.9 Å². The van der Waals surface area contributed by atoms with Crippen LogP contribution in [0.2, 0.25) is 0 Å². The lowest BCUT2D eigenvalue weighted by Crippen LogP contribution is -2.37. The molecule has 0 spiro atoms. The zero-order chi connectivity index (χ0) is 26.0. The number of aromatic nitrogens is 1. The van der Waals surface area contributed by atoms with Gasteiger partial charge in [0.05, 0.1) is 24.9 Å². The molecule has 13 heteroatoms. The third-order valence-electron chi connectivity index (χ3n) is 5.41. The fourth-order valence-corrected chi connectivity index (χ4v) is 6.17. The van der Waals surface area contributed by atoms with Gasteiger partial charge in [0, 0.05) is 35.2 Å². The molecule has 2 N–H and O–H groups in total. The molecular formula is C23H23N3O8S2. The molecule has 3 aromatic rings. The van der Waals surface area contributed by atoms with Gasteiger partial charge in [-0.1, -0.05) is 23.4 Å². The second kappa shape index (κ2) is 10.0. The van der Waals surface area contributed by atoms with Crippen LogP contribution in [-0.2, 0) is 37.1 Å². The lowest BCUT2D eigenvalue weighted by Gasteiger charge is -2.28. The van der Waals surface area contributed by atoms with Crippen LogP contribution in [-0.4, -0.2) is 54.4 Å². The van der Waals surface area contributed by atoms with E-state index in [-0.39, 0.29) is 33.5 Å². The van der Waals surface area contributed by atoms with Crippen molar-refractivity contribution in [3.63, 3.8) is 0 Å². The number of anilines is 1. The Morgan fingerprint density at radius 1 is 1.11 bits per heavy atom. The number of hydrogen-bond acceptors (Lipinski definition) is 9. The van der Waals surface area contributed by atoms with Gasteiger partial charge in [-0.25, -0.2) is 8.42 Å². The number of sulfonamides is 1. The lowest BCUT2D eigenvalue weighted by atomic mass is 10.1. The van der Waals surface area contributed by atoms with E-state index in [0.717, 1.165) is 5.56 Å². The second-order valence-electron chi connectivity index (χ2n) is 7.72. The van der Waals surface area contributed by atoms with E-state index in [4.69, 9.17) is 14.0 Å². The summed E-state index contributed by atoms with van der Waals surface area (Å²) in [5, 5.41) is 16.8. The number of aliphatic hydroxyl groups is 1. The highest BCUT2D eigenvalue weighted by atomic mass is 32.2. The van der Waals surface area contributed by atoms with Crippen molar-refractivity contribution in [1.82, 2.24) is 9.46 Å².